The van der Waals surface area contributed by atoms with Gasteiger partial charge in [-0.2, -0.15) is 0 Å². The van der Waals surface area contributed by atoms with Gasteiger partial charge in [-0.05, 0) is 68.7 Å². The Balaban J connectivity index is 1.36. The normalized spacial score (nSPS) is 30.2. The van der Waals surface area contributed by atoms with Crippen molar-refractivity contribution in [1.29, 1.82) is 0 Å². The molecule has 4 rings (SSSR count). The second kappa shape index (κ2) is 7.89. The molecule has 0 radical (unpaired) electrons. The maximum Gasteiger partial charge on any atom is 0.331 e. The van der Waals surface area contributed by atoms with Gasteiger partial charge >= 0.3 is 5.97 Å². The third-order valence-electron chi connectivity index (χ3n) is 6.10. The highest BCUT2D eigenvalue weighted by molar-refractivity contribution is 5.87. The highest BCUT2D eigenvalue weighted by Crippen LogP contribution is 2.51. The summed E-state index contributed by atoms with van der Waals surface area (Å²) in [5.41, 5.74) is 2.50. The van der Waals surface area contributed by atoms with Gasteiger partial charge in [0.25, 0.3) is 0 Å². The first-order valence-electron chi connectivity index (χ1n) is 10.0. The van der Waals surface area contributed by atoms with Crippen molar-refractivity contribution in [3.05, 3.63) is 47.6 Å². The van der Waals surface area contributed by atoms with Gasteiger partial charge in [0, 0.05) is 12.0 Å². The van der Waals surface area contributed by atoms with Gasteiger partial charge < -0.3 is 14.2 Å². The van der Waals surface area contributed by atoms with E-state index in [1.807, 2.05) is 24.3 Å². The van der Waals surface area contributed by atoms with Crippen LogP contribution >= 0.6 is 0 Å². The second-order valence-electron chi connectivity index (χ2n) is 7.87. The van der Waals surface area contributed by atoms with Crippen molar-refractivity contribution in [2.75, 3.05) is 13.7 Å². The lowest BCUT2D eigenvalue weighted by atomic mass is 9.71. The molecule has 3 aliphatic rings. The third-order valence-corrected chi connectivity index (χ3v) is 6.10. The zero-order chi connectivity index (χ0) is 18.7. The average Bonchev–Trinajstić information content (AvgIpc) is 3.49. The monoisotopic (exact) mass is 368 g/mol. The van der Waals surface area contributed by atoms with Gasteiger partial charge in [0.2, 0.25) is 0 Å². The minimum absolute atomic E-state index is 0.0184. The van der Waals surface area contributed by atoms with E-state index in [1.165, 1.54) is 37.3 Å². The van der Waals surface area contributed by atoms with Gasteiger partial charge in [-0.15, -0.1) is 0 Å². The number of hydrogen-bond donors (Lipinski definition) is 0. The van der Waals surface area contributed by atoms with E-state index in [2.05, 4.69) is 6.08 Å². The average molecular weight is 368 g/mol. The molecule has 2 fully saturated rings. The molecule has 0 aromatic heterocycles. The number of esters is 1. The van der Waals surface area contributed by atoms with E-state index in [0.717, 1.165) is 37.2 Å². The molecule has 144 valence electrons. The standard InChI is InChI=1S/C23H28O4/c1-25-19-9-5-6-17(14-19)10-11-22(24)27-20-12-13-23(16-26-23)21(15-20)18-7-3-2-4-8-18/h5-7,9-11,14,20-21H,2-4,8,12-13,15-16H2,1H3. The zero-order valence-corrected chi connectivity index (χ0v) is 16.0. The number of epoxide rings is 1. The smallest absolute Gasteiger partial charge is 0.331 e. The molecule has 1 aliphatic heterocycles. The van der Waals surface area contributed by atoms with Crippen LogP contribution in [0.2, 0.25) is 0 Å². The fourth-order valence-corrected chi connectivity index (χ4v) is 4.50. The highest BCUT2D eigenvalue weighted by Gasteiger charge is 2.55. The molecule has 2 aliphatic carbocycles. The van der Waals surface area contributed by atoms with Crippen LogP contribution in [0.4, 0.5) is 0 Å². The summed E-state index contributed by atoms with van der Waals surface area (Å²) in [4.78, 5) is 12.3. The molecule has 0 bridgehead atoms. The SMILES string of the molecule is COc1cccc(C=CC(=O)OC2CCC3(CO3)C(C3=CCCCC3)C2)c1. The molecule has 4 heteroatoms. The Kier molecular flexibility index (Phi) is 5.35. The summed E-state index contributed by atoms with van der Waals surface area (Å²) in [6, 6.07) is 7.62. The summed E-state index contributed by atoms with van der Waals surface area (Å²) < 4.78 is 16.9. The maximum absolute atomic E-state index is 12.3. The molecule has 0 amide bonds. The molecule has 1 saturated heterocycles. The second-order valence-corrected chi connectivity index (χ2v) is 7.87. The summed E-state index contributed by atoms with van der Waals surface area (Å²) in [5.74, 6) is 0.926. The highest BCUT2D eigenvalue weighted by atomic mass is 16.6. The zero-order valence-electron chi connectivity index (χ0n) is 16.0. The first-order valence-corrected chi connectivity index (χ1v) is 10.0. The van der Waals surface area contributed by atoms with Crippen molar-refractivity contribution in [1.82, 2.24) is 0 Å². The van der Waals surface area contributed by atoms with E-state index >= 15 is 0 Å². The van der Waals surface area contributed by atoms with Crippen molar-refractivity contribution in [2.45, 2.75) is 56.7 Å². The number of rotatable bonds is 5. The van der Waals surface area contributed by atoms with Crippen molar-refractivity contribution in [2.24, 2.45) is 5.92 Å². The van der Waals surface area contributed by atoms with Crippen LogP contribution in [0.5, 0.6) is 5.75 Å². The van der Waals surface area contributed by atoms with Gasteiger partial charge in [-0.3, -0.25) is 0 Å². The van der Waals surface area contributed by atoms with Crippen LogP contribution in [0.25, 0.3) is 6.08 Å². The maximum atomic E-state index is 12.3. The van der Waals surface area contributed by atoms with Crippen LogP contribution in [-0.2, 0) is 14.3 Å². The fraction of sp³-hybridized carbons (Fsp3) is 0.522. The Hall–Kier alpha value is -2.07. The molecule has 0 N–H and O–H groups in total. The van der Waals surface area contributed by atoms with Gasteiger partial charge in [0.15, 0.2) is 0 Å². The minimum Gasteiger partial charge on any atom is -0.497 e. The van der Waals surface area contributed by atoms with Gasteiger partial charge in [0.1, 0.15) is 11.9 Å². The molecular formula is C23H28O4. The Bertz CT molecular complexity index is 745. The Labute approximate surface area is 161 Å². The Morgan fingerprint density at radius 2 is 2.22 bits per heavy atom. The number of hydrogen-bond acceptors (Lipinski definition) is 4. The molecule has 1 saturated carbocycles. The van der Waals surface area contributed by atoms with Crippen LogP contribution in [0.15, 0.2) is 42.0 Å². The van der Waals surface area contributed by atoms with Crippen LogP contribution in [0.1, 0.15) is 50.5 Å². The summed E-state index contributed by atoms with van der Waals surface area (Å²) >= 11 is 0. The summed E-state index contributed by atoms with van der Waals surface area (Å²) in [7, 11) is 1.63. The summed E-state index contributed by atoms with van der Waals surface area (Å²) in [5, 5.41) is 0. The molecule has 4 nitrogen and oxygen atoms in total. The molecule has 3 unspecified atom stereocenters. The molecule has 1 aromatic carbocycles. The van der Waals surface area contributed by atoms with Crippen LogP contribution in [0.3, 0.4) is 0 Å². The lowest BCUT2D eigenvalue weighted by Gasteiger charge is -2.36. The van der Waals surface area contributed by atoms with Crippen molar-refractivity contribution >= 4 is 12.0 Å². The third kappa shape index (κ3) is 4.27. The summed E-state index contributed by atoms with van der Waals surface area (Å²) in [6.45, 7) is 0.866. The van der Waals surface area contributed by atoms with E-state index in [-0.39, 0.29) is 17.7 Å². The quantitative estimate of drug-likeness (QED) is 0.327. The number of methoxy groups -OCH3 is 1. The van der Waals surface area contributed by atoms with Crippen LogP contribution in [-0.4, -0.2) is 31.4 Å². The largest absolute Gasteiger partial charge is 0.497 e. The number of carbonyl (C=O) groups is 1. The molecule has 1 spiro atoms. The number of carbonyl (C=O) groups excluding carboxylic acids is 1. The van der Waals surface area contributed by atoms with Gasteiger partial charge in [-0.25, -0.2) is 4.79 Å². The van der Waals surface area contributed by atoms with Crippen molar-refractivity contribution in [3.63, 3.8) is 0 Å². The first kappa shape index (κ1) is 18.3. The van der Waals surface area contributed by atoms with Crippen molar-refractivity contribution < 1.29 is 19.0 Å². The van der Waals surface area contributed by atoms with Gasteiger partial charge in [-0.1, -0.05) is 23.8 Å². The van der Waals surface area contributed by atoms with Crippen LogP contribution in [0, 0.1) is 5.92 Å². The lowest BCUT2D eigenvalue weighted by Crippen LogP contribution is -2.38. The van der Waals surface area contributed by atoms with E-state index in [0.29, 0.717) is 5.92 Å². The number of allylic oxidation sites excluding steroid dienone is 1. The van der Waals surface area contributed by atoms with Crippen LogP contribution < -0.4 is 4.74 Å². The molecule has 3 atom stereocenters. The molecule has 27 heavy (non-hydrogen) atoms. The molecule has 1 heterocycles. The fourth-order valence-electron chi connectivity index (χ4n) is 4.50. The van der Waals surface area contributed by atoms with Crippen molar-refractivity contribution in [3.8, 4) is 5.75 Å². The minimum atomic E-state index is -0.271. The van der Waals surface area contributed by atoms with Gasteiger partial charge in [0.05, 0.1) is 19.3 Å². The number of ether oxygens (including phenoxy) is 3. The number of benzene rings is 1. The molecular weight excluding hydrogens is 340 g/mol. The summed E-state index contributed by atoms with van der Waals surface area (Å²) in [6.07, 6.45) is 13.4. The first-order chi connectivity index (χ1) is 13.2. The Morgan fingerprint density at radius 3 is 2.96 bits per heavy atom. The lowest BCUT2D eigenvalue weighted by molar-refractivity contribution is -0.145. The van der Waals surface area contributed by atoms with E-state index in [9.17, 15) is 4.79 Å². The predicted molar refractivity (Wildman–Crippen MR) is 104 cm³/mol. The topological polar surface area (TPSA) is 48.1 Å². The van der Waals surface area contributed by atoms with E-state index in [1.54, 1.807) is 13.2 Å². The molecule has 1 aromatic rings. The Morgan fingerprint density at radius 1 is 1.33 bits per heavy atom. The predicted octanol–water partition coefficient (Wildman–Crippen LogP) is 4.69. The van der Waals surface area contributed by atoms with E-state index in [4.69, 9.17) is 14.2 Å². The van der Waals surface area contributed by atoms with E-state index < -0.39 is 0 Å².